The van der Waals surface area contributed by atoms with Crippen molar-refractivity contribution in [2.24, 2.45) is 22.1 Å². The van der Waals surface area contributed by atoms with Crippen molar-refractivity contribution in [2.75, 3.05) is 29.4 Å². The number of primary sulfonamides is 2. The van der Waals surface area contributed by atoms with E-state index in [1.54, 1.807) is 50.2 Å². The van der Waals surface area contributed by atoms with Gasteiger partial charge in [0.05, 0.1) is 26.5 Å². The average molecular weight is 1570 g/mol. The Hall–Kier alpha value is -4.82. The van der Waals surface area contributed by atoms with E-state index in [-0.39, 0.29) is 26.7 Å². The minimum atomic E-state index is -4.66. The minimum absolute atomic E-state index is 0.119. The van der Waals surface area contributed by atoms with Gasteiger partial charge in [0.2, 0.25) is 28.5 Å². The van der Waals surface area contributed by atoms with Crippen molar-refractivity contribution in [3.63, 3.8) is 0 Å². The van der Waals surface area contributed by atoms with Crippen LogP contribution in [-0.2, 0) is 49.6 Å². The Morgan fingerprint density at radius 3 is 1.04 bits per heavy atom. The van der Waals surface area contributed by atoms with Crippen molar-refractivity contribution < 1.29 is 68.4 Å². The molecule has 30 heteroatoms. The number of nitrogens with zero attached hydrogens (tertiary/aromatic N) is 3. The number of aromatic nitrogens is 3. The number of nitrogens with one attached hydrogen (secondary N) is 2. The third-order valence-electron chi connectivity index (χ3n) is 14.3. The molecule has 2 aliphatic rings. The topological polar surface area (TPSA) is 285 Å². The molecule has 2 heterocycles. The molecule has 6 N–H and O–H groups in total. The fraction of sp³-hybridized carbons (Fsp3) is 0.620. The Labute approximate surface area is 610 Å². The molecular weight excluding hydrogens is 1450 g/mol. The summed E-state index contributed by atoms with van der Waals surface area (Å²) in [5.74, 6) is -7.53. The van der Waals surface area contributed by atoms with E-state index >= 15 is 4.39 Å². The Morgan fingerprint density at radius 2 is 0.752 bits per heavy atom. The molecule has 2 aliphatic carbocycles. The lowest BCUT2D eigenvalue weighted by atomic mass is 9.95. The van der Waals surface area contributed by atoms with Gasteiger partial charge in [-0.3, -0.25) is 0 Å². The summed E-state index contributed by atoms with van der Waals surface area (Å²) in [6, 6.07) is 15.4. The van der Waals surface area contributed by atoms with E-state index in [4.69, 9.17) is 10.3 Å². The SMILES string of the molecule is CC.CC.CC(C)C.CC(C)C.CC(C)c1c(F)c(F)c(S(C)(=O)=O)c(NC2CCCCCCC2)c1F.CC(C)c1c(F)c(F)c(S(N)(=O)=O)c(NC2CCCCCCCCCCC2)c1F.CC(C)c1nnc(S(N)(=O)=O)s1.CS(=O)(=O)c1ccccc1.CS(=O)(=O)c1nc2ccccc2s1. The van der Waals surface area contributed by atoms with Crippen LogP contribution in [0.15, 0.2) is 78.0 Å². The second kappa shape index (κ2) is 46.9. The highest BCUT2D eigenvalue weighted by molar-refractivity contribution is 7.93. The number of rotatable bonds is 12. The second-order valence-corrected chi connectivity index (χ2v) is 37.8. The van der Waals surface area contributed by atoms with Crippen molar-refractivity contribution >= 4 is 93.8 Å². The molecule has 0 radical (unpaired) electrons. The maximum atomic E-state index is 15.2. The van der Waals surface area contributed by atoms with Gasteiger partial charge in [-0.1, -0.05) is 242 Å². The first-order chi connectivity index (χ1) is 46.8. The molecule has 578 valence electrons. The summed E-state index contributed by atoms with van der Waals surface area (Å²) in [4.78, 5) is 2.35. The molecule has 0 bridgehead atoms. The monoisotopic (exact) mass is 1560 g/mol. The number of nitrogens with two attached hydrogens (primary N) is 2. The third kappa shape index (κ3) is 35.2. The lowest BCUT2D eigenvalue weighted by molar-refractivity contribution is 0.446. The van der Waals surface area contributed by atoms with Crippen molar-refractivity contribution in [3.05, 3.63) is 106 Å². The molecule has 4 aromatic carbocycles. The average Bonchev–Trinajstić information content (AvgIpc) is 1.69. The van der Waals surface area contributed by atoms with E-state index in [1.807, 2.05) is 59.7 Å². The fourth-order valence-electron chi connectivity index (χ4n) is 9.77. The number of thiazole rings is 1. The smallest absolute Gasteiger partial charge is 0.267 e. The largest absolute Gasteiger partial charge is 0.379 e. The normalized spacial score (nSPS) is 14.5. The third-order valence-corrected chi connectivity index (χ3v) is 22.7. The first kappa shape index (κ1) is 96.2. The summed E-state index contributed by atoms with van der Waals surface area (Å²) in [6.45, 7) is 31.0. The van der Waals surface area contributed by atoms with Gasteiger partial charge in [-0.2, -0.15) is 0 Å². The summed E-state index contributed by atoms with van der Waals surface area (Å²) >= 11 is 2.22. The number of halogens is 6. The Kier molecular flexibility index (Phi) is 44.7. The van der Waals surface area contributed by atoms with E-state index in [1.165, 1.54) is 57.0 Å². The van der Waals surface area contributed by atoms with E-state index < -0.39 is 129 Å². The lowest BCUT2D eigenvalue weighted by Gasteiger charge is -2.25. The van der Waals surface area contributed by atoms with Crippen LogP contribution in [0.4, 0.5) is 37.7 Å². The summed E-state index contributed by atoms with van der Waals surface area (Å²) in [5, 5.41) is 23.6. The molecule has 0 unspecified atom stereocenters. The standard InChI is InChI=1S/C21H33F3N2O2S.C18H26F3NO2S.C8H7NO2S2.C7H8O2S.C5H9N3O2S2.2C4H10.2C2H6/c1-14(2)16-17(22)19(24)21(29(25,27)28)20(18(16)23)26-15-12-10-8-6-4-3-5-7-9-11-13-15;1-11(2)13-14(19)16(21)18(25(3,23)24)17(15(13)20)22-12-9-7-5-4-6-8-10-12;1-13(10,11)8-9-6-4-2-3-5-7(6)12-8;1-10(8,9)7-5-3-2-4-6-7;1-3(2)4-7-8-5(11-4)12(6,9)10;2*1-4(2)3;2*1-2/h14-15,26H,3-13H2,1-2H3,(H2,25,27,28);11-12,22H,4-10H2,1-3H3;2-5H,1H3;2-6H,1H3;3H,1-2H3,(H2,6,9,10);2*4H,1-3H3;2*1-2H3. The number of hydrogen-bond acceptors (Lipinski definition) is 17. The predicted octanol–water partition coefficient (Wildman–Crippen LogP) is 19.6. The van der Waals surface area contributed by atoms with Crippen LogP contribution in [-0.4, -0.2) is 88.1 Å². The Morgan fingerprint density at radius 1 is 0.406 bits per heavy atom. The number of para-hydroxylation sites is 1. The first-order valence-corrected chi connectivity index (χ1v) is 45.1. The van der Waals surface area contributed by atoms with Gasteiger partial charge >= 0.3 is 0 Å². The van der Waals surface area contributed by atoms with E-state index in [9.17, 15) is 64.0 Å². The number of fused-ring (bicyclic) bond motifs is 1. The van der Waals surface area contributed by atoms with Crippen LogP contribution >= 0.6 is 22.7 Å². The summed E-state index contributed by atoms with van der Waals surface area (Å²) in [7, 11) is -18.6. The van der Waals surface area contributed by atoms with E-state index in [0.717, 1.165) is 123 Å². The summed E-state index contributed by atoms with van der Waals surface area (Å²) < 4.78 is 202. The number of sulfone groups is 3. The Bertz CT molecular complexity index is 3950. The molecular formula is C71H115F6N7O10S7. The molecule has 8 rings (SSSR count). The zero-order valence-corrected chi connectivity index (χ0v) is 68.4. The maximum absolute atomic E-state index is 15.2. The lowest BCUT2D eigenvalue weighted by Crippen LogP contribution is -2.26. The molecule has 101 heavy (non-hydrogen) atoms. The zero-order chi connectivity index (χ0) is 78.0. The molecule has 0 amide bonds. The zero-order valence-electron chi connectivity index (χ0n) is 62.7. The van der Waals surface area contributed by atoms with Gasteiger partial charge < -0.3 is 10.6 Å². The van der Waals surface area contributed by atoms with Gasteiger partial charge in [0.1, 0.15) is 14.8 Å². The highest BCUT2D eigenvalue weighted by Gasteiger charge is 2.34. The van der Waals surface area contributed by atoms with Gasteiger partial charge in [0.15, 0.2) is 54.6 Å². The van der Waals surface area contributed by atoms with Crippen LogP contribution < -0.4 is 20.9 Å². The number of hydrogen-bond donors (Lipinski definition) is 4. The van der Waals surface area contributed by atoms with Crippen molar-refractivity contribution in [3.8, 4) is 0 Å². The molecule has 6 aromatic rings. The molecule has 0 atom stereocenters. The molecule has 17 nitrogen and oxygen atoms in total. The van der Waals surface area contributed by atoms with Gasteiger partial charge in [-0.05, 0) is 73.6 Å². The van der Waals surface area contributed by atoms with Gasteiger partial charge in [0.25, 0.3) is 10.0 Å². The van der Waals surface area contributed by atoms with Gasteiger partial charge in [-0.25, -0.2) is 83.7 Å². The number of sulfonamides is 2. The van der Waals surface area contributed by atoms with Gasteiger partial charge in [0, 0.05) is 47.9 Å². The van der Waals surface area contributed by atoms with Crippen molar-refractivity contribution in [1.29, 1.82) is 0 Å². The van der Waals surface area contributed by atoms with E-state index in [2.05, 4.69) is 67.4 Å². The maximum Gasteiger partial charge on any atom is 0.267 e. The highest BCUT2D eigenvalue weighted by Crippen LogP contribution is 2.39. The molecule has 2 saturated carbocycles. The second-order valence-electron chi connectivity index (χ2n) is 26.4. The molecule has 2 fully saturated rings. The van der Waals surface area contributed by atoms with Crippen molar-refractivity contribution in [1.82, 2.24) is 15.2 Å². The Balaban J connectivity index is 0.00000124. The first-order valence-electron chi connectivity index (χ1n) is 34.7. The van der Waals surface area contributed by atoms with Crippen LogP contribution in [0.1, 0.15) is 260 Å². The summed E-state index contributed by atoms with van der Waals surface area (Å²) in [6.07, 6.45) is 21.0. The molecule has 2 aromatic heterocycles. The summed E-state index contributed by atoms with van der Waals surface area (Å²) in [5.41, 5.74) is -1.10. The fourth-order valence-corrected chi connectivity index (χ4v) is 15.4. The van der Waals surface area contributed by atoms with Crippen molar-refractivity contribution in [2.45, 2.75) is 280 Å². The van der Waals surface area contributed by atoms with Gasteiger partial charge in [-0.15, -0.1) is 21.5 Å². The molecule has 0 spiro atoms. The van der Waals surface area contributed by atoms with Crippen LogP contribution in [0.5, 0.6) is 0 Å². The van der Waals surface area contributed by atoms with Crippen LogP contribution in [0.25, 0.3) is 10.2 Å². The van der Waals surface area contributed by atoms with Crippen LogP contribution in [0.2, 0.25) is 0 Å². The molecule has 0 aliphatic heterocycles. The van der Waals surface area contributed by atoms with E-state index in [0.29, 0.717) is 22.7 Å². The number of benzene rings is 4. The predicted molar refractivity (Wildman–Crippen MR) is 405 cm³/mol. The van der Waals surface area contributed by atoms with Crippen LogP contribution in [0, 0.1) is 46.7 Å². The minimum Gasteiger partial charge on any atom is -0.379 e. The number of anilines is 2. The molecule has 0 saturated heterocycles. The highest BCUT2D eigenvalue weighted by atomic mass is 32.2. The quantitative estimate of drug-likeness (QED) is 0.0654. The van der Waals surface area contributed by atoms with Crippen LogP contribution in [0.3, 0.4) is 0 Å².